The van der Waals surface area contributed by atoms with E-state index in [1.165, 1.54) is 30.3 Å². The van der Waals surface area contributed by atoms with Gasteiger partial charge >= 0.3 is 5.97 Å². The maximum atomic E-state index is 13.1. The van der Waals surface area contributed by atoms with Crippen molar-refractivity contribution in [2.24, 2.45) is 0 Å². The molecule has 8 heteroatoms. The van der Waals surface area contributed by atoms with Gasteiger partial charge in [-0.1, -0.05) is 6.07 Å². The van der Waals surface area contributed by atoms with E-state index in [2.05, 4.69) is 5.32 Å². The van der Waals surface area contributed by atoms with Crippen LogP contribution in [0.2, 0.25) is 0 Å². The Morgan fingerprint density at radius 3 is 2.38 bits per heavy atom. The summed E-state index contributed by atoms with van der Waals surface area (Å²) in [5.41, 5.74) is 0.510. The molecule has 2 atom stereocenters. The summed E-state index contributed by atoms with van der Waals surface area (Å²) in [6.07, 6.45) is 3.11. The van der Waals surface area contributed by atoms with E-state index in [4.69, 9.17) is 9.47 Å². The number of carbonyl (C=O) groups excluding carboxylic acids is 3. The summed E-state index contributed by atoms with van der Waals surface area (Å²) < 4.78 is 23.7. The molecule has 0 unspecified atom stereocenters. The summed E-state index contributed by atoms with van der Waals surface area (Å²) in [5, 5.41) is 2.45. The van der Waals surface area contributed by atoms with E-state index in [9.17, 15) is 18.8 Å². The largest absolute Gasteiger partial charge is 0.484 e. The molecule has 0 aliphatic carbocycles. The lowest BCUT2D eigenvalue weighted by Gasteiger charge is -2.38. The molecule has 2 amide bonds. The smallest absolute Gasteiger partial charge is 0.338 e. The molecule has 1 N–H and O–H groups in total. The molecule has 3 rings (SSSR count). The Morgan fingerprint density at radius 1 is 1.03 bits per heavy atom. The molecule has 0 bridgehead atoms. The lowest BCUT2D eigenvalue weighted by molar-refractivity contribution is -0.139. The highest BCUT2D eigenvalue weighted by atomic mass is 19.1. The van der Waals surface area contributed by atoms with Gasteiger partial charge in [-0.3, -0.25) is 9.59 Å². The van der Waals surface area contributed by atoms with Crippen molar-refractivity contribution in [3.8, 4) is 5.75 Å². The van der Waals surface area contributed by atoms with Crippen LogP contribution in [0.4, 0.5) is 10.1 Å². The molecule has 1 fully saturated rings. The molecule has 0 saturated carbocycles. The minimum atomic E-state index is -0.682. The molecule has 32 heavy (non-hydrogen) atoms. The number of rotatable bonds is 7. The number of anilines is 1. The summed E-state index contributed by atoms with van der Waals surface area (Å²) >= 11 is 0. The maximum Gasteiger partial charge on any atom is 0.338 e. The molecule has 0 spiro atoms. The zero-order valence-corrected chi connectivity index (χ0v) is 18.2. The predicted molar refractivity (Wildman–Crippen MR) is 117 cm³/mol. The van der Waals surface area contributed by atoms with Gasteiger partial charge in [0.05, 0.1) is 5.56 Å². The molecule has 0 radical (unpaired) electrons. The lowest BCUT2D eigenvalue weighted by Crippen LogP contribution is -2.49. The predicted octanol–water partition coefficient (Wildman–Crippen LogP) is 3.79. The zero-order valence-electron chi connectivity index (χ0n) is 18.2. The Morgan fingerprint density at radius 2 is 1.72 bits per heavy atom. The third-order valence-corrected chi connectivity index (χ3v) is 5.38. The minimum Gasteiger partial charge on any atom is -0.484 e. The molecule has 2 aromatic rings. The monoisotopic (exact) mass is 442 g/mol. The highest BCUT2D eigenvalue weighted by molar-refractivity contribution is 5.95. The van der Waals surface area contributed by atoms with Crippen molar-refractivity contribution >= 4 is 23.5 Å². The van der Waals surface area contributed by atoms with Crippen LogP contribution in [0.3, 0.4) is 0 Å². The van der Waals surface area contributed by atoms with Crippen LogP contribution in [-0.2, 0) is 14.3 Å². The van der Waals surface area contributed by atoms with Crippen LogP contribution in [0.25, 0.3) is 0 Å². The second-order valence-electron chi connectivity index (χ2n) is 7.88. The highest BCUT2D eigenvalue weighted by Crippen LogP contribution is 2.23. The number of benzene rings is 2. The van der Waals surface area contributed by atoms with Gasteiger partial charge in [-0.05, 0) is 75.6 Å². The molecule has 0 aromatic heterocycles. The summed E-state index contributed by atoms with van der Waals surface area (Å²) in [6.45, 7) is 3.52. The van der Waals surface area contributed by atoms with E-state index in [0.29, 0.717) is 5.75 Å². The number of halogens is 1. The van der Waals surface area contributed by atoms with E-state index >= 15 is 0 Å². The first-order valence-corrected chi connectivity index (χ1v) is 10.6. The summed E-state index contributed by atoms with van der Waals surface area (Å²) in [6, 6.07) is 11.9. The van der Waals surface area contributed by atoms with Crippen LogP contribution < -0.4 is 10.1 Å². The Labute approximate surface area is 186 Å². The standard InChI is InChI=1S/C24H27FN2O5/c1-16-5-3-6-17(2)27(16)23(29)15-31-21-11-9-18(10-12-21)24(30)32-14-22(28)26-20-8-4-7-19(25)13-20/h4,7-13,16-17H,3,5-6,14-15H2,1-2H3,(H,26,28)/t16-,17-/m1/s1. The van der Waals surface area contributed by atoms with Gasteiger partial charge in [0.15, 0.2) is 13.2 Å². The van der Waals surface area contributed by atoms with Gasteiger partial charge in [0.1, 0.15) is 11.6 Å². The number of likely N-dealkylation sites (tertiary alicyclic amines) is 1. The van der Waals surface area contributed by atoms with Crippen LogP contribution in [0, 0.1) is 5.82 Å². The number of esters is 1. The van der Waals surface area contributed by atoms with Crippen LogP contribution in [0.15, 0.2) is 48.5 Å². The molecular formula is C24H27FN2O5. The third kappa shape index (κ3) is 6.29. The molecule has 1 aliphatic heterocycles. The van der Waals surface area contributed by atoms with Gasteiger partial charge in [0.2, 0.25) is 0 Å². The lowest BCUT2D eigenvalue weighted by atomic mass is 9.97. The summed E-state index contributed by atoms with van der Waals surface area (Å²) in [5.74, 6) is -1.35. The van der Waals surface area contributed by atoms with Crippen LogP contribution >= 0.6 is 0 Å². The minimum absolute atomic E-state index is 0.0579. The van der Waals surface area contributed by atoms with E-state index in [0.717, 1.165) is 25.3 Å². The van der Waals surface area contributed by atoms with Crippen LogP contribution in [0.5, 0.6) is 5.75 Å². The maximum absolute atomic E-state index is 13.1. The Bertz CT molecular complexity index is 953. The van der Waals surface area contributed by atoms with E-state index in [1.54, 1.807) is 12.1 Å². The van der Waals surface area contributed by atoms with Gasteiger partial charge in [0.25, 0.3) is 11.8 Å². The van der Waals surface area contributed by atoms with Crippen molar-refractivity contribution in [2.45, 2.75) is 45.2 Å². The Kier molecular flexibility index (Phi) is 7.81. The van der Waals surface area contributed by atoms with Gasteiger partial charge in [-0.25, -0.2) is 9.18 Å². The zero-order chi connectivity index (χ0) is 23.1. The second-order valence-corrected chi connectivity index (χ2v) is 7.88. The molecule has 1 saturated heterocycles. The highest BCUT2D eigenvalue weighted by Gasteiger charge is 2.29. The van der Waals surface area contributed by atoms with Crippen LogP contribution in [0.1, 0.15) is 43.5 Å². The normalized spacial score (nSPS) is 18.0. The van der Waals surface area contributed by atoms with Crippen molar-refractivity contribution in [1.82, 2.24) is 4.90 Å². The number of ether oxygens (including phenoxy) is 2. The molecule has 170 valence electrons. The number of nitrogens with one attached hydrogen (secondary N) is 1. The molecule has 1 heterocycles. The Hall–Kier alpha value is -3.42. The van der Waals surface area contributed by atoms with Gasteiger partial charge in [0, 0.05) is 17.8 Å². The van der Waals surface area contributed by atoms with Crippen molar-refractivity contribution in [1.29, 1.82) is 0 Å². The summed E-state index contributed by atoms with van der Waals surface area (Å²) in [4.78, 5) is 38.4. The number of hydrogen-bond donors (Lipinski definition) is 1. The van der Waals surface area contributed by atoms with Gasteiger partial charge < -0.3 is 19.7 Å². The average molecular weight is 442 g/mol. The van der Waals surface area contributed by atoms with Crippen molar-refractivity contribution in [3.05, 3.63) is 59.9 Å². The quantitative estimate of drug-likeness (QED) is 0.660. The molecule has 1 aliphatic rings. The van der Waals surface area contributed by atoms with E-state index < -0.39 is 24.3 Å². The second kappa shape index (κ2) is 10.7. The fraction of sp³-hybridized carbons (Fsp3) is 0.375. The van der Waals surface area contributed by atoms with Crippen molar-refractivity contribution in [3.63, 3.8) is 0 Å². The fourth-order valence-corrected chi connectivity index (χ4v) is 3.80. The SMILES string of the molecule is C[C@@H]1CCC[C@@H](C)N1C(=O)COc1ccc(C(=O)OCC(=O)Nc2cccc(F)c2)cc1. The average Bonchev–Trinajstić information content (AvgIpc) is 2.76. The Balaban J connectivity index is 1.45. The first-order valence-electron chi connectivity index (χ1n) is 10.6. The van der Waals surface area contributed by atoms with Crippen molar-refractivity contribution in [2.75, 3.05) is 18.5 Å². The number of piperidine rings is 1. The topological polar surface area (TPSA) is 84.9 Å². The summed E-state index contributed by atoms with van der Waals surface area (Å²) in [7, 11) is 0. The molecule has 7 nitrogen and oxygen atoms in total. The number of carbonyl (C=O) groups is 3. The number of amides is 2. The third-order valence-electron chi connectivity index (χ3n) is 5.38. The van der Waals surface area contributed by atoms with Crippen LogP contribution in [-0.4, -0.2) is 48.0 Å². The van der Waals surface area contributed by atoms with Gasteiger partial charge in [-0.2, -0.15) is 0 Å². The van der Waals surface area contributed by atoms with E-state index in [-0.39, 0.29) is 35.8 Å². The number of hydrogen-bond acceptors (Lipinski definition) is 5. The molecule has 2 aromatic carbocycles. The fourth-order valence-electron chi connectivity index (χ4n) is 3.80. The first-order chi connectivity index (χ1) is 15.3. The van der Waals surface area contributed by atoms with Gasteiger partial charge in [-0.15, -0.1) is 0 Å². The van der Waals surface area contributed by atoms with E-state index in [1.807, 2.05) is 18.7 Å². The molecular weight excluding hydrogens is 415 g/mol. The number of nitrogens with zero attached hydrogens (tertiary/aromatic N) is 1. The van der Waals surface area contributed by atoms with Crippen molar-refractivity contribution < 1.29 is 28.2 Å². The first kappa shape index (κ1) is 23.2.